The fourth-order valence-electron chi connectivity index (χ4n) is 5.63. The summed E-state index contributed by atoms with van der Waals surface area (Å²) in [7, 11) is 2.17. The van der Waals surface area contributed by atoms with Crippen LogP contribution in [0.5, 0.6) is 0 Å². The summed E-state index contributed by atoms with van der Waals surface area (Å²) in [6, 6.07) is 4.63. The van der Waals surface area contributed by atoms with E-state index in [1.165, 1.54) is 37.8 Å². The van der Waals surface area contributed by atoms with Crippen molar-refractivity contribution in [3.63, 3.8) is 0 Å². The van der Waals surface area contributed by atoms with Gasteiger partial charge in [0, 0.05) is 30.7 Å². The maximum absolute atomic E-state index is 13.7. The van der Waals surface area contributed by atoms with Crippen molar-refractivity contribution >= 4 is 11.9 Å². The van der Waals surface area contributed by atoms with Crippen molar-refractivity contribution in [3.8, 4) is 0 Å². The van der Waals surface area contributed by atoms with E-state index < -0.39 is 23.6 Å². The fraction of sp³-hybridized carbons (Fsp3) is 0.524. The van der Waals surface area contributed by atoms with E-state index in [0.717, 1.165) is 24.6 Å². The Bertz CT molecular complexity index is 773. The van der Waals surface area contributed by atoms with Crippen LogP contribution in [0.4, 0.5) is 8.78 Å². The van der Waals surface area contributed by atoms with Gasteiger partial charge in [0.1, 0.15) is 0 Å². The van der Waals surface area contributed by atoms with Gasteiger partial charge in [-0.15, -0.1) is 0 Å². The molecule has 2 unspecified atom stereocenters. The summed E-state index contributed by atoms with van der Waals surface area (Å²) in [5.41, 5.74) is 1.12. The van der Waals surface area contributed by atoms with Gasteiger partial charge in [0.25, 0.3) is 0 Å². The molecule has 2 N–H and O–H groups in total. The lowest BCUT2D eigenvalue weighted by molar-refractivity contribution is -0.134. The zero-order valence-corrected chi connectivity index (χ0v) is 15.8. The normalized spacial score (nSPS) is 31.3. The number of fused-ring (bicyclic) bond motifs is 2. The first kappa shape index (κ1) is 20.5. The third-order valence-corrected chi connectivity index (χ3v) is 6.60. The number of aliphatic carboxylic acids is 2. The minimum atomic E-state index is -1.26. The predicted molar refractivity (Wildman–Crippen MR) is 98.9 cm³/mol. The van der Waals surface area contributed by atoms with Gasteiger partial charge in [-0.05, 0) is 68.2 Å². The summed E-state index contributed by atoms with van der Waals surface area (Å²) >= 11 is 0. The van der Waals surface area contributed by atoms with Crippen LogP contribution in [0.1, 0.15) is 31.2 Å². The Morgan fingerprint density at radius 2 is 1.68 bits per heavy atom. The van der Waals surface area contributed by atoms with E-state index in [1.807, 2.05) is 6.07 Å². The first-order chi connectivity index (χ1) is 13.2. The van der Waals surface area contributed by atoms with Gasteiger partial charge >= 0.3 is 11.9 Å². The highest BCUT2D eigenvalue weighted by Crippen LogP contribution is 2.60. The maximum Gasteiger partial charge on any atom is 0.328 e. The number of carboxylic acids is 2. The van der Waals surface area contributed by atoms with Crippen LogP contribution in [0, 0.1) is 29.4 Å². The molecule has 2 bridgehead atoms. The molecule has 28 heavy (non-hydrogen) atoms. The van der Waals surface area contributed by atoms with Gasteiger partial charge < -0.3 is 15.1 Å². The highest BCUT2D eigenvalue weighted by molar-refractivity contribution is 5.89. The second-order valence-electron chi connectivity index (χ2n) is 8.09. The number of hydrogen-bond acceptors (Lipinski definition) is 3. The number of nitrogens with zero attached hydrogens (tertiary/aromatic N) is 1. The molecular weight excluding hydrogens is 368 g/mol. The van der Waals surface area contributed by atoms with Crippen molar-refractivity contribution in [2.24, 2.45) is 17.8 Å². The number of benzene rings is 1. The van der Waals surface area contributed by atoms with Gasteiger partial charge in [-0.3, -0.25) is 0 Å². The molecule has 2 atom stereocenters. The van der Waals surface area contributed by atoms with Crippen molar-refractivity contribution in [2.45, 2.75) is 31.1 Å². The van der Waals surface area contributed by atoms with E-state index in [0.29, 0.717) is 24.0 Å². The van der Waals surface area contributed by atoms with Crippen LogP contribution >= 0.6 is 0 Å². The first-order valence-corrected chi connectivity index (χ1v) is 9.52. The second-order valence-corrected chi connectivity index (χ2v) is 8.09. The number of likely N-dealkylation sites (N-methyl/N-ethyl adjacent to an activating group) is 1. The fourth-order valence-corrected chi connectivity index (χ4v) is 5.63. The highest BCUT2D eigenvalue weighted by atomic mass is 19.2. The van der Waals surface area contributed by atoms with Crippen LogP contribution in [0.15, 0.2) is 30.4 Å². The van der Waals surface area contributed by atoms with E-state index in [1.54, 1.807) is 0 Å². The van der Waals surface area contributed by atoms with Crippen LogP contribution in [-0.2, 0) is 15.0 Å². The number of halogens is 2. The van der Waals surface area contributed by atoms with Crippen LogP contribution in [0.2, 0.25) is 0 Å². The summed E-state index contributed by atoms with van der Waals surface area (Å²) in [4.78, 5) is 21.5. The van der Waals surface area contributed by atoms with Crippen molar-refractivity contribution in [1.82, 2.24) is 4.90 Å². The van der Waals surface area contributed by atoms with Crippen molar-refractivity contribution in [2.75, 3.05) is 20.1 Å². The van der Waals surface area contributed by atoms with E-state index in [4.69, 9.17) is 10.2 Å². The minimum Gasteiger partial charge on any atom is -0.478 e. The molecule has 1 aliphatic heterocycles. The topological polar surface area (TPSA) is 77.8 Å². The Labute approximate surface area is 162 Å². The largest absolute Gasteiger partial charge is 0.478 e. The number of likely N-dealkylation sites (tertiary alicyclic amines) is 1. The number of carbonyl (C=O) groups is 2. The van der Waals surface area contributed by atoms with Gasteiger partial charge in [0.05, 0.1) is 0 Å². The van der Waals surface area contributed by atoms with Crippen LogP contribution in [0.3, 0.4) is 0 Å². The SMILES string of the molecule is CN1CC2C3CCC(CC3)C2(c2ccc(F)c(F)c2)C1.O=C(O)/C=C/C(=O)O. The zero-order chi connectivity index (χ0) is 20.5. The van der Waals surface area contributed by atoms with Crippen LogP contribution in [-0.4, -0.2) is 47.2 Å². The summed E-state index contributed by atoms with van der Waals surface area (Å²) in [5.74, 6) is -1.88. The molecular formula is C21H25F2NO4. The molecule has 152 valence electrons. The van der Waals surface area contributed by atoms with Crippen LogP contribution in [0.25, 0.3) is 0 Å². The number of carboxylic acid groups (broad SMARTS) is 2. The molecule has 3 saturated carbocycles. The predicted octanol–water partition coefficient (Wildman–Crippen LogP) is 3.30. The summed E-state index contributed by atoms with van der Waals surface area (Å²) in [5, 5.41) is 15.6. The van der Waals surface area contributed by atoms with Crippen molar-refractivity contribution in [1.29, 1.82) is 0 Å². The lowest BCUT2D eigenvalue weighted by Gasteiger charge is -2.54. The molecule has 4 aliphatic rings. The molecule has 7 heteroatoms. The van der Waals surface area contributed by atoms with Crippen LogP contribution < -0.4 is 0 Å². The lowest BCUT2D eigenvalue weighted by atomic mass is 9.49. The Morgan fingerprint density at radius 3 is 2.21 bits per heavy atom. The van der Waals surface area contributed by atoms with E-state index in [2.05, 4.69) is 11.9 Å². The third-order valence-electron chi connectivity index (χ3n) is 6.60. The quantitative estimate of drug-likeness (QED) is 0.771. The highest BCUT2D eigenvalue weighted by Gasteiger charge is 2.58. The maximum atomic E-state index is 13.7. The zero-order valence-electron chi connectivity index (χ0n) is 15.8. The van der Waals surface area contributed by atoms with Gasteiger partial charge in [0.15, 0.2) is 11.6 Å². The Hall–Kier alpha value is -2.28. The molecule has 1 aromatic carbocycles. The summed E-state index contributed by atoms with van der Waals surface area (Å²) in [6.45, 7) is 2.12. The average molecular weight is 393 g/mol. The molecule has 0 spiro atoms. The Balaban J connectivity index is 0.000000242. The average Bonchev–Trinajstić information content (AvgIpc) is 3.04. The monoisotopic (exact) mass is 393 g/mol. The molecule has 1 saturated heterocycles. The van der Waals surface area contributed by atoms with Gasteiger partial charge in [-0.2, -0.15) is 0 Å². The second kappa shape index (κ2) is 7.99. The molecule has 0 aromatic heterocycles. The molecule has 0 amide bonds. The van der Waals surface area contributed by atoms with Crippen molar-refractivity contribution < 1.29 is 28.6 Å². The van der Waals surface area contributed by atoms with Gasteiger partial charge in [-0.1, -0.05) is 6.07 Å². The molecule has 5 nitrogen and oxygen atoms in total. The standard InChI is InChI=1S/C17H21F2N.C4H4O4/c1-20-9-14-11-2-4-12(5-3-11)17(14,10-20)13-6-7-15(18)16(19)8-13;5-3(6)1-2-4(7)8/h6-8,11-12,14H,2-5,9-10H2,1H3;1-2H,(H,5,6)(H,7,8)/b;2-1+. The molecule has 5 rings (SSSR count). The van der Waals surface area contributed by atoms with E-state index in [9.17, 15) is 18.4 Å². The molecule has 4 fully saturated rings. The smallest absolute Gasteiger partial charge is 0.328 e. The lowest BCUT2D eigenvalue weighted by Crippen LogP contribution is -2.52. The van der Waals surface area contributed by atoms with E-state index >= 15 is 0 Å². The van der Waals surface area contributed by atoms with Gasteiger partial charge in [0.2, 0.25) is 0 Å². The number of rotatable bonds is 3. The Kier molecular flexibility index (Phi) is 5.84. The third kappa shape index (κ3) is 3.81. The Morgan fingerprint density at radius 1 is 1.07 bits per heavy atom. The summed E-state index contributed by atoms with van der Waals surface area (Å²) in [6.07, 6.45) is 6.29. The molecule has 3 aliphatic carbocycles. The minimum absolute atomic E-state index is 0.0739. The molecule has 0 radical (unpaired) electrons. The molecule has 1 heterocycles. The van der Waals surface area contributed by atoms with Gasteiger partial charge in [-0.25, -0.2) is 18.4 Å². The first-order valence-electron chi connectivity index (χ1n) is 9.52. The van der Waals surface area contributed by atoms with E-state index in [-0.39, 0.29) is 5.41 Å². The summed E-state index contributed by atoms with van der Waals surface area (Å²) < 4.78 is 27.0. The van der Waals surface area contributed by atoms with Crippen molar-refractivity contribution in [3.05, 3.63) is 47.5 Å². The molecule has 1 aromatic rings. The number of hydrogen-bond donors (Lipinski definition) is 2.